The van der Waals surface area contributed by atoms with E-state index >= 15 is 0 Å². The van der Waals surface area contributed by atoms with Crippen LogP contribution in [0.15, 0.2) is 65.1 Å². The minimum absolute atomic E-state index is 0.194. The Morgan fingerprint density at radius 3 is 2.70 bits per heavy atom. The third-order valence-corrected chi connectivity index (χ3v) is 5.61. The third kappa shape index (κ3) is 5.50. The van der Waals surface area contributed by atoms with Gasteiger partial charge in [0, 0.05) is 49.3 Å². The summed E-state index contributed by atoms with van der Waals surface area (Å²) in [6, 6.07) is 5.98. The maximum atomic E-state index is 13.3. The Balaban J connectivity index is 1.91. The highest BCUT2D eigenvalue weighted by molar-refractivity contribution is 6.31. The van der Waals surface area contributed by atoms with Gasteiger partial charge in [0.05, 0.1) is 0 Å². The number of carbonyl (C=O) groups excluding carboxylic acids is 1. The summed E-state index contributed by atoms with van der Waals surface area (Å²) in [5, 5.41) is 9.63. The molecule has 0 atom stereocenters. The minimum atomic E-state index is -0.194. The van der Waals surface area contributed by atoms with Crippen molar-refractivity contribution in [1.29, 1.82) is 0 Å². The van der Waals surface area contributed by atoms with E-state index in [9.17, 15) is 4.79 Å². The van der Waals surface area contributed by atoms with Crippen molar-refractivity contribution >= 4 is 29.4 Å². The van der Waals surface area contributed by atoms with Crippen molar-refractivity contribution in [3.8, 4) is 0 Å². The summed E-state index contributed by atoms with van der Waals surface area (Å²) in [6.45, 7) is 11.4. The van der Waals surface area contributed by atoms with Crippen LogP contribution in [0.2, 0.25) is 0 Å². The predicted molar refractivity (Wildman–Crippen MR) is 133 cm³/mol. The molecule has 0 spiro atoms. The number of hydrogen-bond acceptors (Lipinski definition) is 7. The Kier molecular flexibility index (Phi) is 7.68. The largest absolute Gasteiger partial charge is 0.404 e. The number of amidine groups is 1. The topological polar surface area (TPSA) is 130 Å². The summed E-state index contributed by atoms with van der Waals surface area (Å²) in [5.74, 6) is 5.88. The van der Waals surface area contributed by atoms with Crippen molar-refractivity contribution in [3.05, 3.63) is 71.7 Å². The fraction of sp³-hybridized carbons (Fsp3) is 0.292. The van der Waals surface area contributed by atoms with Gasteiger partial charge in [0.25, 0.3) is 5.91 Å². The molecule has 0 aliphatic carbocycles. The number of hydrogen-bond donors (Lipinski definition) is 4. The quantitative estimate of drug-likeness (QED) is 0.217. The van der Waals surface area contributed by atoms with Gasteiger partial charge < -0.3 is 26.9 Å². The number of nitrogens with zero attached hydrogens (tertiary/aromatic N) is 3. The van der Waals surface area contributed by atoms with Crippen molar-refractivity contribution in [2.45, 2.75) is 25.8 Å². The molecule has 1 aromatic carbocycles. The lowest BCUT2D eigenvalue weighted by molar-refractivity contribution is -0.120. The van der Waals surface area contributed by atoms with Gasteiger partial charge in [-0.15, -0.1) is 0 Å². The number of likely N-dealkylation sites (N-methyl/N-ethyl adjacent to an activating group) is 1. The van der Waals surface area contributed by atoms with Crippen molar-refractivity contribution in [1.82, 2.24) is 15.5 Å². The Hall–Kier alpha value is -3.85. The summed E-state index contributed by atoms with van der Waals surface area (Å²) in [6.07, 6.45) is 6.32. The van der Waals surface area contributed by atoms with Gasteiger partial charge in [-0.05, 0) is 48.6 Å². The molecule has 174 valence electrons. The highest BCUT2D eigenvalue weighted by Crippen LogP contribution is 2.29. The maximum absolute atomic E-state index is 13.3. The molecule has 2 aliphatic rings. The van der Waals surface area contributed by atoms with Gasteiger partial charge in [0.2, 0.25) is 0 Å². The number of benzene rings is 1. The summed E-state index contributed by atoms with van der Waals surface area (Å²) in [7, 11) is 1.68. The van der Waals surface area contributed by atoms with Crippen LogP contribution in [0.1, 0.15) is 29.5 Å². The van der Waals surface area contributed by atoms with Crippen molar-refractivity contribution in [2.24, 2.45) is 21.7 Å². The van der Waals surface area contributed by atoms with Crippen LogP contribution in [0.4, 0.5) is 0 Å². The monoisotopic (exact) mass is 449 g/mol. The van der Waals surface area contributed by atoms with Crippen molar-refractivity contribution < 1.29 is 9.53 Å². The highest BCUT2D eigenvalue weighted by atomic mass is 16.5. The minimum Gasteiger partial charge on any atom is -0.404 e. The van der Waals surface area contributed by atoms with E-state index in [0.717, 1.165) is 29.5 Å². The van der Waals surface area contributed by atoms with E-state index in [4.69, 9.17) is 16.3 Å². The first kappa shape index (κ1) is 23.8. The molecule has 2 heterocycles. The lowest BCUT2D eigenvalue weighted by Crippen LogP contribution is -2.39. The van der Waals surface area contributed by atoms with Crippen LogP contribution in [-0.4, -0.2) is 49.3 Å². The van der Waals surface area contributed by atoms with E-state index in [0.29, 0.717) is 41.7 Å². The molecular formula is C24H31N7O2. The molecule has 9 heteroatoms. The Bertz CT molecular complexity index is 1060. The van der Waals surface area contributed by atoms with Crippen LogP contribution >= 0.6 is 0 Å². The SMILES string of the molecule is C=C(/N=C1\C(=C/N)C=C(c2cc(C(=C)N/C=N\N)ccc2C)C(=O)N1C)NC1CCOCC1. The fourth-order valence-corrected chi connectivity index (χ4v) is 3.74. The number of amides is 1. The molecule has 0 unspecified atom stereocenters. The number of aryl methyl sites for hydroxylation is 1. The summed E-state index contributed by atoms with van der Waals surface area (Å²) < 4.78 is 5.39. The van der Waals surface area contributed by atoms with Crippen LogP contribution in [0.25, 0.3) is 11.3 Å². The lowest BCUT2D eigenvalue weighted by atomic mass is 9.92. The van der Waals surface area contributed by atoms with Crippen LogP contribution in [0.3, 0.4) is 0 Å². The third-order valence-electron chi connectivity index (χ3n) is 5.61. The van der Waals surface area contributed by atoms with Crippen molar-refractivity contribution in [2.75, 3.05) is 20.3 Å². The van der Waals surface area contributed by atoms with E-state index in [2.05, 4.69) is 33.9 Å². The Labute approximate surface area is 194 Å². The number of nitrogens with one attached hydrogen (secondary N) is 2. The molecule has 0 aromatic heterocycles. The molecule has 6 N–H and O–H groups in total. The van der Waals surface area contributed by atoms with Crippen LogP contribution < -0.4 is 22.2 Å². The van der Waals surface area contributed by atoms with Crippen molar-refractivity contribution in [3.63, 3.8) is 0 Å². The van der Waals surface area contributed by atoms with Crippen LogP contribution in [-0.2, 0) is 9.53 Å². The molecule has 0 bridgehead atoms. The first-order chi connectivity index (χ1) is 15.8. The fourth-order valence-electron chi connectivity index (χ4n) is 3.74. The molecule has 0 radical (unpaired) electrons. The van der Waals surface area contributed by atoms with E-state index in [1.807, 2.05) is 25.1 Å². The standard InChI is InChI=1S/C24H31N7O2/c1-15-5-6-18(16(2)27-14-28-26)11-21(15)22-12-19(13-25)23(31(4)24(22)32)30-17(3)29-20-7-9-33-10-8-20/h5-6,11-14,20,29H,2-3,7-10,25-26H2,1,4H3,(H,27,28)/b19-13-,30-23+. The zero-order valence-electron chi connectivity index (χ0n) is 19.1. The first-order valence-electron chi connectivity index (χ1n) is 10.7. The van der Waals surface area contributed by atoms with E-state index in [1.165, 1.54) is 17.4 Å². The Morgan fingerprint density at radius 2 is 2.03 bits per heavy atom. The summed E-state index contributed by atoms with van der Waals surface area (Å²) >= 11 is 0. The zero-order chi connectivity index (χ0) is 24.0. The number of ether oxygens (including phenoxy) is 1. The summed E-state index contributed by atoms with van der Waals surface area (Å²) in [4.78, 5) is 19.4. The lowest BCUT2D eigenvalue weighted by Gasteiger charge is -2.29. The first-order valence-corrected chi connectivity index (χ1v) is 10.7. The van der Waals surface area contributed by atoms with Gasteiger partial charge in [0.15, 0.2) is 0 Å². The number of aliphatic imine (C=N–C) groups is 1. The van der Waals surface area contributed by atoms with E-state index in [-0.39, 0.29) is 11.9 Å². The second-order valence-corrected chi connectivity index (χ2v) is 7.89. The molecule has 9 nitrogen and oxygen atoms in total. The smallest absolute Gasteiger partial charge is 0.259 e. The predicted octanol–water partition coefficient (Wildman–Crippen LogP) is 1.79. The number of rotatable bonds is 7. The number of hydrazone groups is 1. The molecule has 1 amide bonds. The van der Waals surface area contributed by atoms with Gasteiger partial charge in [0.1, 0.15) is 18.0 Å². The van der Waals surface area contributed by atoms with E-state index < -0.39 is 0 Å². The molecule has 2 aliphatic heterocycles. The zero-order valence-corrected chi connectivity index (χ0v) is 19.1. The van der Waals surface area contributed by atoms with Crippen LogP contribution in [0, 0.1) is 6.92 Å². The highest BCUT2D eigenvalue weighted by Gasteiger charge is 2.29. The molecule has 3 rings (SSSR count). The average molecular weight is 450 g/mol. The maximum Gasteiger partial charge on any atom is 0.259 e. The summed E-state index contributed by atoms with van der Waals surface area (Å²) in [5.41, 5.74) is 10.2. The molecule has 0 saturated carbocycles. The molecule has 1 aromatic rings. The van der Waals surface area contributed by atoms with Gasteiger partial charge in [-0.2, -0.15) is 5.10 Å². The van der Waals surface area contributed by atoms with Gasteiger partial charge in [-0.3, -0.25) is 9.69 Å². The Morgan fingerprint density at radius 1 is 1.30 bits per heavy atom. The van der Waals surface area contributed by atoms with E-state index in [1.54, 1.807) is 13.1 Å². The molecular weight excluding hydrogens is 418 g/mol. The molecule has 33 heavy (non-hydrogen) atoms. The molecule has 1 fully saturated rings. The van der Waals surface area contributed by atoms with Gasteiger partial charge >= 0.3 is 0 Å². The van der Waals surface area contributed by atoms with Gasteiger partial charge in [-0.25, -0.2) is 4.99 Å². The average Bonchev–Trinajstić information content (AvgIpc) is 2.82. The van der Waals surface area contributed by atoms with Gasteiger partial charge in [-0.1, -0.05) is 25.3 Å². The second-order valence-electron chi connectivity index (χ2n) is 7.89. The molecule has 1 saturated heterocycles. The number of nitrogens with two attached hydrogens (primary N) is 2. The van der Waals surface area contributed by atoms with Crippen LogP contribution in [0.5, 0.6) is 0 Å². The normalized spacial score (nSPS) is 19.8. The second kappa shape index (κ2) is 10.6. The number of carbonyl (C=O) groups is 1.